The van der Waals surface area contributed by atoms with Gasteiger partial charge in [-0.15, -0.1) is 0 Å². The van der Waals surface area contributed by atoms with Gasteiger partial charge in [-0.05, 0) is 47.5 Å². The van der Waals surface area contributed by atoms with Crippen LogP contribution in [-0.4, -0.2) is 23.8 Å². The van der Waals surface area contributed by atoms with Crippen LogP contribution in [0, 0.1) is 18.3 Å². The highest BCUT2D eigenvalue weighted by atomic mass is 16.5. The van der Waals surface area contributed by atoms with E-state index in [4.69, 9.17) is 4.74 Å². The summed E-state index contributed by atoms with van der Waals surface area (Å²) in [6.07, 6.45) is 1.68. The van der Waals surface area contributed by atoms with Crippen molar-refractivity contribution in [1.82, 2.24) is 9.99 Å². The van der Waals surface area contributed by atoms with Crippen molar-refractivity contribution in [3.63, 3.8) is 0 Å². The minimum Gasteiger partial charge on any atom is -0.496 e. The molecule has 6 heteroatoms. The molecule has 0 atom stereocenters. The average molecular weight is 473 g/mol. The Morgan fingerprint density at radius 1 is 1.03 bits per heavy atom. The van der Waals surface area contributed by atoms with Gasteiger partial charge in [0.05, 0.1) is 30.5 Å². The number of rotatable bonds is 6. The molecule has 6 nitrogen and oxygen atoms in total. The summed E-state index contributed by atoms with van der Waals surface area (Å²) in [6, 6.07) is 29.4. The highest BCUT2D eigenvalue weighted by molar-refractivity contribution is 6.04. The van der Waals surface area contributed by atoms with E-state index in [-0.39, 0.29) is 5.91 Å². The maximum absolute atomic E-state index is 13.0. The fourth-order valence-corrected chi connectivity index (χ4v) is 4.54. The van der Waals surface area contributed by atoms with Crippen LogP contribution in [0.5, 0.6) is 5.75 Å². The van der Waals surface area contributed by atoms with Crippen LogP contribution < -0.4 is 10.2 Å². The Morgan fingerprint density at radius 3 is 2.50 bits per heavy atom. The maximum atomic E-state index is 13.0. The van der Waals surface area contributed by atoms with Gasteiger partial charge >= 0.3 is 0 Å². The largest absolute Gasteiger partial charge is 0.496 e. The van der Waals surface area contributed by atoms with Crippen molar-refractivity contribution < 1.29 is 9.53 Å². The first kappa shape index (κ1) is 22.9. The van der Waals surface area contributed by atoms with Crippen LogP contribution in [0.3, 0.4) is 0 Å². The van der Waals surface area contributed by atoms with Crippen molar-refractivity contribution in [2.45, 2.75) is 13.5 Å². The monoisotopic (exact) mass is 472 g/mol. The van der Waals surface area contributed by atoms with Gasteiger partial charge in [0.15, 0.2) is 0 Å². The van der Waals surface area contributed by atoms with Crippen LogP contribution in [0.4, 0.5) is 0 Å². The predicted molar refractivity (Wildman–Crippen MR) is 142 cm³/mol. The molecule has 36 heavy (non-hydrogen) atoms. The molecule has 0 aliphatic heterocycles. The second-order valence-corrected chi connectivity index (χ2v) is 8.47. The number of amides is 1. The smallest absolute Gasteiger partial charge is 0.275 e. The molecule has 1 N–H and O–H groups in total. The molecule has 0 aliphatic carbocycles. The molecule has 0 radical (unpaired) electrons. The van der Waals surface area contributed by atoms with Gasteiger partial charge in [-0.1, -0.05) is 60.7 Å². The zero-order valence-corrected chi connectivity index (χ0v) is 20.0. The van der Waals surface area contributed by atoms with E-state index in [9.17, 15) is 10.1 Å². The van der Waals surface area contributed by atoms with Crippen molar-refractivity contribution in [3.05, 3.63) is 113 Å². The number of methoxy groups -OCH3 is 1. The third kappa shape index (κ3) is 4.19. The van der Waals surface area contributed by atoms with E-state index in [0.29, 0.717) is 23.4 Å². The second-order valence-electron chi connectivity index (χ2n) is 8.47. The van der Waals surface area contributed by atoms with Crippen LogP contribution in [0.1, 0.15) is 32.7 Å². The number of ether oxygens (including phenoxy) is 1. The number of hydrogen-bond donors (Lipinski definition) is 1. The first-order valence-electron chi connectivity index (χ1n) is 11.6. The molecule has 1 heterocycles. The minimum atomic E-state index is -0.349. The highest BCUT2D eigenvalue weighted by Gasteiger charge is 2.16. The lowest BCUT2D eigenvalue weighted by atomic mass is 10.1. The Morgan fingerprint density at radius 2 is 1.72 bits per heavy atom. The summed E-state index contributed by atoms with van der Waals surface area (Å²) in [5.74, 6) is 0.142. The number of hydrazone groups is 1. The molecule has 176 valence electrons. The second kappa shape index (κ2) is 9.77. The Hall–Kier alpha value is -4.89. The molecule has 5 aromatic rings. The van der Waals surface area contributed by atoms with Gasteiger partial charge in [-0.3, -0.25) is 4.79 Å². The molecule has 0 bridgehead atoms. The van der Waals surface area contributed by atoms with Crippen molar-refractivity contribution in [1.29, 1.82) is 5.26 Å². The van der Waals surface area contributed by atoms with E-state index in [1.54, 1.807) is 13.3 Å². The van der Waals surface area contributed by atoms with Gasteiger partial charge in [0.25, 0.3) is 5.91 Å². The first-order chi connectivity index (χ1) is 17.6. The van der Waals surface area contributed by atoms with E-state index >= 15 is 0 Å². The standard InChI is InChI=1S/C30H24N4O2/c1-20-27(18-32-33-30(35)26-15-21-9-3-4-10-22(21)16-29(26)36-2)25-13-7-8-14-28(25)34(20)19-24-12-6-5-11-23(24)17-31/h3-16,18H,19H2,1-2H3,(H,33,35)/b32-18-. The molecule has 4 aromatic carbocycles. The molecule has 0 spiro atoms. The van der Waals surface area contributed by atoms with Crippen LogP contribution >= 0.6 is 0 Å². The van der Waals surface area contributed by atoms with E-state index in [2.05, 4.69) is 21.2 Å². The highest BCUT2D eigenvalue weighted by Crippen LogP contribution is 2.27. The quantitative estimate of drug-likeness (QED) is 0.251. The topological polar surface area (TPSA) is 79.4 Å². The Bertz CT molecular complexity index is 1670. The fraction of sp³-hybridized carbons (Fsp3) is 0.100. The molecule has 0 fully saturated rings. The van der Waals surface area contributed by atoms with Crippen molar-refractivity contribution in [3.8, 4) is 11.8 Å². The number of benzene rings is 4. The number of hydrogen-bond acceptors (Lipinski definition) is 4. The summed E-state index contributed by atoms with van der Waals surface area (Å²) < 4.78 is 7.62. The number of nitrogens with one attached hydrogen (secondary N) is 1. The molecule has 1 aromatic heterocycles. The third-order valence-corrected chi connectivity index (χ3v) is 6.42. The number of para-hydroxylation sites is 1. The molecule has 0 unspecified atom stereocenters. The zero-order chi connectivity index (χ0) is 25.1. The Balaban J connectivity index is 1.46. The molecule has 0 saturated carbocycles. The van der Waals surface area contributed by atoms with Crippen LogP contribution in [0.2, 0.25) is 0 Å². The summed E-state index contributed by atoms with van der Waals surface area (Å²) in [5.41, 5.74) is 7.61. The molecular weight excluding hydrogens is 448 g/mol. The lowest BCUT2D eigenvalue weighted by Crippen LogP contribution is -2.18. The third-order valence-electron chi connectivity index (χ3n) is 6.42. The summed E-state index contributed by atoms with van der Waals surface area (Å²) in [5, 5.41) is 16.8. The number of nitrogens with zero attached hydrogens (tertiary/aromatic N) is 3. The number of carbonyl (C=O) groups excluding carboxylic acids is 1. The van der Waals surface area contributed by atoms with Gasteiger partial charge in [0, 0.05) is 28.7 Å². The van der Waals surface area contributed by atoms with Gasteiger partial charge in [0.2, 0.25) is 0 Å². The van der Waals surface area contributed by atoms with Gasteiger partial charge in [-0.2, -0.15) is 10.4 Å². The van der Waals surface area contributed by atoms with Crippen LogP contribution in [-0.2, 0) is 6.54 Å². The van der Waals surface area contributed by atoms with Crippen LogP contribution in [0.15, 0.2) is 90.0 Å². The van der Waals surface area contributed by atoms with E-state index < -0.39 is 0 Å². The lowest BCUT2D eigenvalue weighted by molar-refractivity contribution is 0.0952. The lowest BCUT2D eigenvalue weighted by Gasteiger charge is -2.10. The predicted octanol–water partition coefficient (Wildman–Crippen LogP) is 5.80. The summed E-state index contributed by atoms with van der Waals surface area (Å²) >= 11 is 0. The molecule has 1 amide bonds. The van der Waals surface area contributed by atoms with Crippen molar-refractivity contribution in [2.75, 3.05) is 7.11 Å². The first-order valence-corrected chi connectivity index (χ1v) is 11.6. The van der Waals surface area contributed by atoms with Gasteiger partial charge < -0.3 is 9.30 Å². The number of carbonyl (C=O) groups is 1. The van der Waals surface area contributed by atoms with E-state index in [1.807, 2.05) is 91.9 Å². The molecule has 5 rings (SSSR count). The summed E-state index contributed by atoms with van der Waals surface area (Å²) in [7, 11) is 1.55. The maximum Gasteiger partial charge on any atom is 0.275 e. The summed E-state index contributed by atoms with van der Waals surface area (Å²) in [6.45, 7) is 2.58. The Kier molecular flexibility index (Phi) is 6.21. The number of nitriles is 1. The minimum absolute atomic E-state index is 0.349. The van der Waals surface area contributed by atoms with E-state index in [0.717, 1.165) is 38.5 Å². The molecular formula is C30H24N4O2. The normalized spacial score (nSPS) is 11.1. The van der Waals surface area contributed by atoms with Crippen LogP contribution in [0.25, 0.3) is 21.7 Å². The van der Waals surface area contributed by atoms with E-state index in [1.165, 1.54) is 0 Å². The van der Waals surface area contributed by atoms with Crippen molar-refractivity contribution in [2.24, 2.45) is 5.10 Å². The zero-order valence-electron chi connectivity index (χ0n) is 20.0. The summed E-state index contributed by atoms with van der Waals surface area (Å²) in [4.78, 5) is 13.0. The SMILES string of the molecule is COc1cc2ccccc2cc1C(=O)N/N=C\c1c(C)n(Cc2ccccc2C#N)c2ccccc12. The van der Waals surface area contributed by atoms with Gasteiger partial charge in [-0.25, -0.2) is 5.43 Å². The number of aromatic nitrogens is 1. The fourth-order valence-electron chi connectivity index (χ4n) is 4.54. The van der Waals surface area contributed by atoms with Gasteiger partial charge in [0.1, 0.15) is 5.75 Å². The average Bonchev–Trinajstić information content (AvgIpc) is 3.18. The Labute approximate surface area is 209 Å². The van der Waals surface area contributed by atoms with Crippen molar-refractivity contribution >= 4 is 33.8 Å². The molecule has 0 aliphatic rings. The molecule has 0 saturated heterocycles. The number of fused-ring (bicyclic) bond motifs is 2.